The van der Waals surface area contributed by atoms with Gasteiger partial charge in [0.2, 0.25) is 0 Å². The first-order valence-corrected chi connectivity index (χ1v) is 7.63. The Balaban J connectivity index is 1.75. The highest BCUT2D eigenvalue weighted by molar-refractivity contribution is 6.10. The zero-order chi connectivity index (χ0) is 16.7. The number of nitrogens with zero attached hydrogens (tertiary/aromatic N) is 2. The number of aromatic nitrogens is 1. The van der Waals surface area contributed by atoms with E-state index >= 15 is 0 Å². The van der Waals surface area contributed by atoms with E-state index < -0.39 is 0 Å². The van der Waals surface area contributed by atoms with Crippen molar-refractivity contribution in [1.29, 1.82) is 0 Å². The SMILES string of the molecule is COc1ccc2c(c1)C(=O)N(c1ccc3c(OC)ccnc3c1)C2. The zero-order valence-electron chi connectivity index (χ0n) is 13.4. The summed E-state index contributed by atoms with van der Waals surface area (Å²) in [5, 5.41) is 0.926. The van der Waals surface area contributed by atoms with Crippen molar-refractivity contribution in [3.8, 4) is 11.5 Å². The molecule has 5 heteroatoms. The summed E-state index contributed by atoms with van der Waals surface area (Å²) < 4.78 is 10.6. The molecule has 0 spiro atoms. The summed E-state index contributed by atoms with van der Waals surface area (Å²) in [7, 11) is 3.23. The molecule has 4 rings (SSSR count). The lowest BCUT2D eigenvalue weighted by molar-refractivity contribution is 0.0996. The van der Waals surface area contributed by atoms with Crippen LogP contribution in [0.3, 0.4) is 0 Å². The highest BCUT2D eigenvalue weighted by Gasteiger charge is 2.29. The third-order valence-electron chi connectivity index (χ3n) is 4.34. The number of fused-ring (bicyclic) bond motifs is 2. The Labute approximate surface area is 139 Å². The third-order valence-corrected chi connectivity index (χ3v) is 4.34. The number of hydrogen-bond acceptors (Lipinski definition) is 4. The fourth-order valence-electron chi connectivity index (χ4n) is 3.07. The molecule has 0 aliphatic carbocycles. The van der Waals surface area contributed by atoms with E-state index in [1.54, 1.807) is 31.4 Å². The van der Waals surface area contributed by atoms with Gasteiger partial charge in [-0.2, -0.15) is 0 Å². The van der Waals surface area contributed by atoms with Gasteiger partial charge in [0.05, 0.1) is 26.3 Å². The van der Waals surface area contributed by atoms with Crippen LogP contribution in [0.5, 0.6) is 11.5 Å². The van der Waals surface area contributed by atoms with E-state index in [4.69, 9.17) is 9.47 Å². The molecular formula is C19H16N2O3. The van der Waals surface area contributed by atoms with E-state index in [1.165, 1.54) is 0 Å². The van der Waals surface area contributed by atoms with Crippen molar-refractivity contribution < 1.29 is 14.3 Å². The van der Waals surface area contributed by atoms with E-state index in [1.807, 2.05) is 36.4 Å². The van der Waals surface area contributed by atoms with Crippen molar-refractivity contribution >= 4 is 22.5 Å². The highest BCUT2D eigenvalue weighted by atomic mass is 16.5. The molecule has 2 heterocycles. The number of ether oxygens (including phenoxy) is 2. The number of methoxy groups -OCH3 is 2. The van der Waals surface area contributed by atoms with Gasteiger partial charge in [0.1, 0.15) is 11.5 Å². The van der Waals surface area contributed by atoms with Crippen molar-refractivity contribution in [3.05, 3.63) is 59.8 Å². The molecule has 1 aromatic heterocycles. The average molecular weight is 320 g/mol. The number of benzene rings is 2. The highest BCUT2D eigenvalue weighted by Crippen LogP contribution is 2.33. The second kappa shape index (κ2) is 5.53. The van der Waals surface area contributed by atoms with Crippen LogP contribution in [0.15, 0.2) is 48.7 Å². The molecule has 1 aliphatic heterocycles. The molecule has 0 atom stereocenters. The maximum absolute atomic E-state index is 12.7. The Morgan fingerprint density at radius 3 is 2.71 bits per heavy atom. The lowest BCUT2D eigenvalue weighted by Gasteiger charge is -2.16. The molecule has 0 bridgehead atoms. The standard InChI is InChI=1S/C19H16N2O3/c1-23-14-5-3-12-11-21(19(22)16(12)10-14)13-4-6-15-17(9-13)20-8-7-18(15)24-2/h3-10H,11H2,1-2H3. The molecule has 3 aromatic rings. The van der Waals surface area contributed by atoms with E-state index in [0.717, 1.165) is 27.9 Å². The van der Waals surface area contributed by atoms with Crippen LogP contribution >= 0.6 is 0 Å². The van der Waals surface area contributed by atoms with Crippen LogP contribution in [-0.2, 0) is 6.54 Å². The molecule has 0 unspecified atom stereocenters. The second-order valence-electron chi connectivity index (χ2n) is 5.63. The van der Waals surface area contributed by atoms with Gasteiger partial charge in [0, 0.05) is 22.8 Å². The first-order chi connectivity index (χ1) is 11.7. The molecular weight excluding hydrogens is 304 g/mol. The van der Waals surface area contributed by atoms with Crippen molar-refractivity contribution in [1.82, 2.24) is 4.98 Å². The molecule has 0 saturated carbocycles. The first-order valence-electron chi connectivity index (χ1n) is 7.63. The maximum Gasteiger partial charge on any atom is 0.259 e. The molecule has 0 saturated heterocycles. The van der Waals surface area contributed by atoms with Gasteiger partial charge in [-0.1, -0.05) is 6.07 Å². The van der Waals surface area contributed by atoms with Crippen LogP contribution in [-0.4, -0.2) is 25.1 Å². The van der Waals surface area contributed by atoms with Crippen molar-refractivity contribution in [2.45, 2.75) is 6.54 Å². The summed E-state index contributed by atoms with van der Waals surface area (Å²) >= 11 is 0. The Morgan fingerprint density at radius 2 is 1.92 bits per heavy atom. The van der Waals surface area contributed by atoms with Gasteiger partial charge in [0.15, 0.2) is 0 Å². The predicted molar refractivity (Wildman–Crippen MR) is 91.8 cm³/mol. The zero-order valence-corrected chi connectivity index (χ0v) is 13.4. The molecule has 5 nitrogen and oxygen atoms in total. The summed E-state index contributed by atoms with van der Waals surface area (Å²) in [5.74, 6) is 1.44. The van der Waals surface area contributed by atoms with E-state index in [0.29, 0.717) is 17.9 Å². The fourth-order valence-corrected chi connectivity index (χ4v) is 3.07. The Morgan fingerprint density at radius 1 is 1.04 bits per heavy atom. The molecule has 0 radical (unpaired) electrons. The fraction of sp³-hybridized carbons (Fsp3) is 0.158. The smallest absolute Gasteiger partial charge is 0.259 e. The lowest BCUT2D eigenvalue weighted by atomic mass is 10.1. The molecule has 0 N–H and O–H groups in total. The van der Waals surface area contributed by atoms with E-state index in [2.05, 4.69) is 4.98 Å². The number of hydrogen-bond donors (Lipinski definition) is 0. The molecule has 1 amide bonds. The van der Waals surface area contributed by atoms with Crippen molar-refractivity contribution in [2.75, 3.05) is 19.1 Å². The third kappa shape index (κ3) is 2.17. The minimum Gasteiger partial charge on any atom is -0.497 e. The first kappa shape index (κ1) is 14.5. The van der Waals surface area contributed by atoms with E-state index in [-0.39, 0.29) is 5.91 Å². The number of carbonyl (C=O) groups is 1. The Bertz CT molecular complexity index is 952. The number of pyridine rings is 1. The summed E-state index contributed by atoms with van der Waals surface area (Å²) in [6.45, 7) is 0.549. The lowest BCUT2D eigenvalue weighted by Crippen LogP contribution is -2.22. The quantitative estimate of drug-likeness (QED) is 0.742. The largest absolute Gasteiger partial charge is 0.497 e. The molecule has 2 aromatic carbocycles. The number of amides is 1. The Kier molecular flexibility index (Phi) is 3.34. The van der Waals surface area contributed by atoms with E-state index in [9.17, 15) is 4.79 Å². The van der Waals surface area contributed by atoms with Gasteiger partial charge in [-0.05, 0) is 42.0 Å². The van der Waals surface area contributed by atoms with Gasteiger partial charge in [-0.3, -0.25) is 9.78 Å². The number of carbonyl (C=O) groups excluding carboxylic acids is 1. The topological polar surface area (TPSA) is 51.7 Å². The Hall–Kier alpha value is -3.08. The van der Waals surface area contributed by atoms with Gasteiger partial charge in [-0.15, -0.1) is 0 Å². The van der Waals surface area contributed by atoms with Crippen LogP contribution in [0.1, 0.15) is 15.9 Å². The summed E-state index contributed by atoms with van der Waals surface area (Å²) in [5.41, 5.74) is 3.31. The van der Waals surface area contributed by atoms with Gasteiger partial charge < -0.3 is 14.4 Å². The molecule has 24 heavy (non-hydrogen) atoms. The van der Waals surface area contributed by atoms with Crippen LogP contribution in [0, 0.1) is 0 Å². The van der Waals surface area contributed by atoms with Crippen molar-refractivity contribution in [3.63, 3.8) is 0 Å². The molecule has 120 valence electrons. The minimum atomic E-state index is -0.0221. The minimum absolute atomic E-state index is 0.0221. The van der Waals surface area contributed by atoms with Gasteiger partial charge in [-0.25, -0.2) is 0 Å². The number of anilines is 1. The van der Waals surface area contributed by atoms with Crippen LogP contribution < -0.4 is 14.4 Å². The number of rotatable bonds is 3. The van der Waals surface area contributed by atoms with Crippen LogP contribution in [0.4, 0.5) is 5.69 Å². The molecule has 0 fully saturated rings. The van der Waals surface area contributed by atoms with Crippen LogP contribution in [0.2, 0.25) is 0 Å². The van der Waals surface area contributed by atoms with Crippen molar-refractivity contribution in [2.24, 2.45) is 0 Å². The monoisotopic (exact) mass is 320 g/mol. The second-order valence-corrected chi connectivity index (χ2v) is 5.63. The predicted octanol–water partition coefficient (Wildman–Crippen LogP) is 3.41. The van der Waals surface area contributed by atoms with Gasteiger partial charge in [0.25, 0.3) is 5.91 Å². The maximum atomic E-state index is 12.7. The average Bonchev–Trinajstić information content (AvgIpc) is 2.96. The summed E-state index contributed by atoms with van der Waals surface area (Å²) in [6, 6.07) is 13.2. The summed E-state index contributed by atoms with van der Waals surface area (Å²) in [4.78, 5) is 18.9. The summed E-state index contributed by atoms with van der Waals surface area (Å²) in [6.07, 6.45) is 1.70. The normalized spacial score (nSPS) is 13.2. The molecule has 1 aliphatic rings. The van der Waals surface area contributed by atoms with Gasteiger partial charge >= 0.3 is 0 Å². The van der Waals surface area contributed by atoms with Crippen LogP contribution in [0.25, 0.3) is 10.9 Å².